The summed E-state index contributed by atoms with van der Waals surface area (Å²) in [6.45, 7) is 3.91. The summed E-state index contributed by atoms with van der Waals surface area (Å²) >= 11 is 0. The Hall–Kier alpha value is -1.59. The summed E-state index contributed by atoms with van der Waals surface area (Å²) in [6.07, 6.45) is 5.95. The average Bonchev–Trinajstić information content (AvgIpc) is 2.63. The maximum absolute atomic E-state index is 11.7. The number of hydrogen-bond donors (Lipinski definition) is 3. The molecule has 5 heteroatoms. The van der Waals surface area contributed by atoms with Gasteiger partial charge >= 0.3 is 0 Å². The fourth-order valence-electron chi connectivity index (χ4n) is 4.25. The number of β-amino-alcohol motifs (C(OH)–C–C–N with tert-alkyl or cyclic N) is 1. The number of nitrogens with one attached hydrogen (secondary N) is 1. The normalized spacial score (nSPS) is 23.0. The number of benzene rings is 1. The number of hydrogen-bond acceptors (Lipinski definition) is 3. The molecule has 1 atom stereocenters. The molecular formula is C19H30N4O. The second kappa shape index (κ2) is 7.53. The molecule has 0 aromatic heterocycles. The van der Waals surface area contributed by atoms with E-state index in [4.69, 9.17) is 11.1 Å². The van der Waals surface area contributed by atoms with Crippen LogP contribution < -0.4 is 5.73 Å². The van der Waals surface area contributed by atoms with Crippen LogP contribution in [-0.2, 0) is 5.60 Å². The monoisotopic (exact) mass is 330 g/mol. The summed E-state index contributed by atoms with van der Waals surface area (Å²) in [7, 11) is 0. The van der Waals surface area contributed by atoms with Gasteiger partial charge in [0.15, 0.2) is 5.96 Å². The Morgan fingerprint density at radius 1 is 1.08 bits per heavy atom. The third kappa shape index (κ3) is 3.73. The summed E-state index contributed by atoms with van der Waals surface area (Å²) < 4.78 is 0. The van der Waals surface area contributed by atoms with Crippen molar-refractivity contribution < 1.29 is 5.11 Å². The van der Waals surface area contributed by atoms with E-state index in [1.807, 2.05) is 23.1 Å². The summed E-state index contributed by atoms with van der Waals surface area (Å²) in [4.78, 5) is 4.24. The van der Waals surface area contributed by atoms with E-state index >= 15 is 0 Å². The van der Waals surface area contributed by atoms with Gasteiger partial charge in [0.2, 0.25) is 0 Å². The lowest BCUT2D eigenvalue weighted by Gasteiger charge is -2.44. The molecule has 1 aliphatic heterocycles. The van der Waals surface area contributed by atoms with Crippen LogP contribution in [0, 0.1) is 11.3 Å². The van der Waals surface area contributed by atoms with Gasteiger partial charge in [0.05, 0.1) is 0 Å². The van der Waals surface area contributed by atoms with Gasteiger partial charge in [0.25, 0.3) is 0 Å². The first-order valence-electron chi connectivity index (χ1n) is 9.19. The third-order valence-corrected chi connectivity index (χ3v) is 5.73. The molecule has 1 aromatic rings. The van der Waals surface area contributed by atoms with Gasteiger partial charge in [-0.25, -0.2) is 0 Å². The van der Waals surface area contributed by atoms with Crippen LogP contribution in [0.2, 0.25) is 0 Å². The van der Waals surface area contributed by atoms with Crippen LogP contribution in [0.1, 0.15) is 37.7 Å². The van der Waals surface area contributed by atoms with E-state index < -0.39 is 5.60 Å². The molecule has 132 valence electrons. The highest BCUT2D eigenvalue weighted by Gasteiger charge is 2.40. The number of nitrogens with zero attached hydrogens (tertiary/aromatic N) is 2. The van der Waals surface area contributed by atoms with Crippen LogP contribution in [-0.4, -0.2) is 53.6 Å². The minimum atomic E-state index is -0.778. The van der Waals surface area contributed by atoms with Gasteiger partial charge in [-0.15, -0.1) is 0 Å². The second-order valence-corrected chi connectivity index (χ2v) is 7.27. The van der Waals surface area contributed by atoms with Gasteiger partial charge in [0.1, 0.15) is 5.60 Å². The molecule has 1 aliphatic carbocycles. The Balaban J connectivity index is 1.74. The lowest BCUT2D eigenvalue weighted by molar-refractivity contribution is -0.0683. The number of rotatable bonds is 4. The van der Waals surface area contributed by atoms with Gasteiger partial charge in [0, 0.05) is 32.7 Å². The summed E-state index contributed by atoms with van der Waals surface area (Å²) in [6, 6.07) is 10.2. The van der Waals surface area contributed by atoms with E-state index in [0.29, 0.717) is 12.5 Å². The maximum Gasteiger partial charge on any atom is 0.188 e. The molecule has 24 heavy (non-hydrogen) atoms. The summed E-state index contributed by atoms with van der Waals surface area (Å²) in [5.74, 6) is 0.486. The molecule has 0 radical (unpaired) electrons. The first-order valence-corrected chi connectivity index (χ1v) is 9.19. The van der Waals surface area contributed by atoms with E-state index in [2.05, 4.69) is 17.0 Å². The Morgan fingerprint density at radius 3 is 2.29 bits per heavy atom. The molecule has 1 unspecified atom stereocenters. The Kier molecular flexibility index (Phi) is 5.41. The first kappa shape index (κ1) is 17.2. The lowest BCUT2D eigenvalue weighted by Crippen LogP contribution is -2.55. The van der Waals surface area contributed by atoms with Crippen LogP contribution >= 0.6 is 0 Å². The molecule has 0 bridgehead atoms. The van der Waals surface area contributed by atoms with Crippen molar-refractivity contribution in [3.63, 3.8) is 0 Å². The topological polar surface area (TPSA) is 76.6 Å². The number of guanidine groups is 1. The summed E-state index contributed by atoms with van der Waals surface area (Å²) in [5, 5.41) is 19.3. The number of aliphatic hydroxyl groups is 1. The van der Waals surface area contributed by atoms with Crippen LogP contribution in [0.25, 0.3) is 0 Å². The van der Waals surface area contributed by atoms with Gasteiger partial charge in [-0.3, -0.25) is 10.3 Å². The smallest absolute Gasteiger partial charge is 0.188 e. The molecule has 3 rings (SSSR count). The van der Waals surface area contributed by atoms with E-state index in [1.54, 1.807) is 0 Å². The molecule has 1 aromatic carbocycles. The predicted molar refractivity (Wildman–Crippen MR) is 96.8 cm³/mol. The van der Waals surface area contributed by atoms with Gasteiger partial charge in [-0.1, -0.05) is 49.6 Å². The molecule has 0 spiro atoms. The molecule has 4 N–H and O–H groups in total. The minimum Gasteiger partial charge on any atom is -0.384 e. The van der Waals surface area contributed by atoms with Crippen molar-refractivity contribution in [3.8, 4) is 0 Å². The highest BCUT2D eigenvalue weighted by molar-refractivity contribution is 5.74. The predicted octanol–water partition coefficient (Wildman–Crippen LogP) is 1.97. The molecule has 2 aliphatic rings. The van der Waals surface area contributed by atoms with Crippen LogP contribution in [0.15, 0.2) is 30.3 Å². The van der Waals surface area contributed by atoms with Crippen LogP contribution in [0.5, 0.6) is 0 Å². The second-order valence-electron chi connectivity index (χ2n) is 7.27. The third-order valence-electron chi connectivity index (χ3n) is 5.73. The summed E-state index contributed by atoms with van der Waals surface area (Å²) in [5.41, 5.74) is 5.86. The maximum atomic E-state index is 11.7. The molecular weight excluding hydrogens is 300 g/mol. The zero-order valence-corrected chi connectivity index (χ0v) is 14.5. The quantitative estimate of drug-likeness (QED) is 0.583. The fourth-order valence-corrected chi connectivity index (χ4v) is 4.25. The highest BCUT2D eigenvalue weighted by Crippen LogP contribution is 2.40. The Labute approximate surface area is 145 Å². The van der Waals surface area contributed by atoms with Crippen LogP contribution in [0.3, 0.4) is 0 Å². The fraction of sp³-hybridized carbons (Fsp3) is 0.632. The van der Waals surface area contributed by atoms with E-state index in [-0.39, 0.29) is 5.96 Å². The van der Waals surface area contributed by atoms with E-state index in [1.165, 1.54) is 19.3 Å². The minimum absolute atomic E-state index is 0.153. The standard InChI is InChI=1S/C19H30N4O/c20-18(21)23-13-11-22(12-14-23)15-19(24,16-7-3-1-4-8-16)17-9-5-2-6-10-17/h1,3-4,7-8,17,24H,2,5-6,9-15H2,(H3,20,21). The molecule has 5 nitrogen and oxygen atoms in total. The average molecular weight is 330 g/mol. The van der Waals surface area contributed by atoms with Crippen molar-refractivity contribution in [2.75, 3.05) is 32.7 Å². The molecule has 2 fully saturated rings. The van der Waals surface area contributed by atoms with E-state index in [0.717, 1.165) is 44.6 Å². The highest BCUT2D eigenvalue weighted by atomic mass is 16.3. The zero-order valence-electron chi connectivity index (χ0n) is 14.5. The van der Waals surface area contributed by atoms with Crippen molar-refractivity contribution in [1.29, 1.82) is 5.41 Å². The zero-order chi connectivity index (χ0) is 17.0. The SMILES string of the molecule is N=C(N)N1CCN(CC(O)(c2ccccc2)C2CCCCC2)CC1. The van der Waals surface area contributed by atoms with Crippen molar-refractivity contribution >= 4 is 5.96 Å². The number of piperazine rings is 1. The number of nitrogens with two attached hydrogens (primary N) is 1. The van der Waals surface area contributed by atoms with E-state index in [9.17, 15) is 5.11 Å². The Morgan fingerprint density at radius 2 is 1.71 bits per heavy atom. The van der Waals surface area contributed by atoms with Gasteiger partial charge in [-0.05, 0) is 24.3 Å². The largest absolute Gasteiger partial charge is 0.384 e. The Bertz CT molecular complexity index is 536. The van der Waals surface area contributed by atoms with Crippen LogP contribution in [0.4, 0.5) is 0 Å². The van der Waals surface area contributed by atoms with Crippen molar-refractivity contribution in [1.82, 2.24) is 9.80 Å². The van der Waals surface area contributed by atoms with Crippen molar-refractivity contribution in [2.45, 2.75) is 37.7 Å². The van der Waals surface area contributed by atoms with Gasteiger partial charge in [-0.2, -0.15) is 0 Å². The van der Waals surface area contributed by atoms with Gasteiger partial charge < -0.3 is 15.7 Å². The molecule has 1 saturated carbocycles. The van der Waals surface area contributed by atoms with Crippen molar-refractivity contribution in [2.24, 2.45) is 11.7 Å². The molecule has 1 heterocycles. The van der Waals surface area contributed by atoms with Crippen molar-refractivity contribution in [3.05, 3.63) is 35.9 Å². The first-order chi connectivity index (χ1) is 11.6. The molecule has 0 amide bonds. The lowest BCUT2D eigenvalue weighted by atomic mass is 9.73. The molecule has 1 saturated heterocycles.